The third-order valence-corrected chi connectivity index (χ3v) is 6.60. The standard InChI is InChI=1S/C14H22ClN3O4S/c1-4-22-12(19)9-11-7-5-6-8-18(11)23(20,21)13-10(2)16-17(3)14(13)15/h11H,4-9H2,1-3H3/t11-/m1/s1. The molecule has 7 nitrogen and oxygen atoms in total. The van der Waals surface area contributed by atoms with Gasteiger partial charge in [-0.15, -0.1) is 0 Å². The van der Waals surface area contributed by atoms with Crippen molar-refractivity contribution in [3.05, 3.63) is 10.8 Å². The Labute approximate surface area is 141 Å². The van der Waals surface area contributed by atoms with Gasteiger partial charge < -0.3 is 4.74 Å². The molecule has 1 aliphatic rings. The molecule has 1 fully saturated rings. The number of hydrogen-bond donors (Lipinski definition) is 0. The van der Waals surface area contributed by atoms with Gasteiger partial charge in [-0.25, -0.2) is 8.42 Å². The second kappa shape index (κ2) is 7.19. The molecule has 1 atom stereocenters. The zero-order chi connectivity index (χ0) is 17.2. The minimum Gasteiger partial charge on any atom is -0.466 e. The highest BCUT2D eigenvalue weighted by Crippen LogP contribution is 2.32. The van der Waals surface area contributed by atoms with Crippen LogP contribution in [0.15, 0.2) is 4.90 Å². The van der Waals surface area contributed by atoms with Crippen LogP contribution in [0.4, 0.5) is 0 Å². The molecule has 9 heteroatoms. The van der Waals surface area contributed by atoms with Crippen molar-refractivity contribution in [2.75, 3.05) is 13.2 Å². The van der Waals surface area contributed by atoms with Crippen molar-refractivity contribution in [2.45, 2.75) is 50.5 Å². The summed E-state index contributed by atoms with van der Waals surface area (Å²) >= 11 is 6.12. The van der Waals surface area contributed by atoms with E-state index in [-0.39, 0.29) is 29.0 Å². The fraction of sp³-hybridized carbons (Fsp3) is 0.714. The zero-order valence-electron chi connectivity index (χ0n) is 13.6. The van der Waals surface area contributed by atoms with E-state index in [0.717, 1.165) is 12.8 Å². The second-order valence-electron chi connectivity index (χ2n) is 5.60. The summed E-state index contributed by atoms with van der Waals surface area (Å²) in [6.07, 6.45) is 2.34. The van der Waals surface area contributed by atoms with Crippen LogP contribution in [0.5, 0.6) is 0 Å². The summed E-state index contributed by atoms with van der Waals surface area (Å²) < 4.78 is 33.7. The normalized spacial score (nSPS) is 19.7. The predicted molar refractivity (Wildman–Crippen MR) is 85.7 cm³/mol. The molecule has 0 N–H and O–H groups in total. The molecule has 0 aromatic carbocycles. The predicted octanol–water partition coefficient (Wildman–Crippen LogP) is 1.88. The Morgan fingerprint density at radius 2 is 2.13 bits per heavy atom. The van der Waals surface area contributed by atoms with Gasteiger partial charge in [-0.3, -0.25) is 9.48 Å². The molecule has 0 amide bonds. The maximum absolute atomic E-state index is 13.0. The topological polar surface area (TPSA) is 81.5 Å². The number of piperidine rings is 1. The third-order valence-electron chi connectivity index (χ3n) is 3.95. The van der Waals surface area contributed by atoms with E-state index in [9.17, 15) is 13.2 Å². The number of carbonyl (C=O) groups is 1. The van der Waals surface area contributed by atoms with E-state index in [4.69, 9.17) is 16.3 Å². The maximum Gasteiger partial charge on any atom is 0.307 e. The number of aryl methyl sites for hydroxylation is 2. The van der Waals surface area contributed by atoms with Crippen LogP contribution in [0.25, 0.3) is 0 Å². The number of halogens is 1. The first-order chi connectivity index (χ1) is 10.8. The average Bonchev–Trinajstić information content (AvgIpc) is 2.73. The molecule has 0 aliphatic carbocycles. The van der Waals surface area contributed by atoms with E-state index < -0.39 is 16.1 Å². The fourth-order valence-electron chi connectivity index (χ4n) is 2.93. The highest BCUT2D eigenvalue weighted by molar-refractivity contribution is 7.89. The van der Waals surface area contributed by atoms with Gasteiger partial charge in [-0.2, -0.15) is 9.40 Å². The summed E-state index contributed by atoms with van der Waals surface area (Å²) in [5, 5.41) is 4.16. The largest absolute Gasteiger partial charge is 0.466 e. The van der Waals surface area contributed by atoms with Crippen LogP contribution >= 0.6 is 11.6 Å². The first-order valence-corrected chi connectivity index (χ1v) is 9.47. The van der Waals surface area contributed by atoms with Crippen molar-refractivity contribution in [3.8, 4) is 0 Å². The molecule has 130 valence electrons. The highest BCUT2D eigenvalue weighted by Gasteiger charge is 2.38. The Morgan fingerprint density at radius 3 is 2.70 bits per heavy atom. The number of aromatic nitrogens is 2. The number of ether oxygens (including phenoxy) is 1. The molecule has 2 rings (SSSR count). The number of sulfonamides is 1. The lowest BCUT2D eigenvalue weighted by Gasteiger charge is -2.34. The van der Waals surface area contributed by atoms with Crippen molar-refractivity contribution in [3.63, 3.8) is 0 Å². The van der Waals surface area contributed by atoms with Crippen LogP contribution in [0.3, 0.4) is 0 Å². The summed E-state index contributed by atoms with van der Waals surface area (Å²) in [4.78, 5) is 11.8. The van der Waals surface area contributed by atoms with Crippen LogP contribution in [0.2, 0.25) is 5.15 Å². The molecule has 1 aromatic heterocycles. The average molecular weight is 364 g/mol. The summed E-state index contributed by atoms with van der Waals surface area (Å²) in [6, 6.07) is -0.400. The van der Waals surface area contributed by atoms with Crippen LogP contribution in [0.1, 0.15) is 38.3 Å². The molecule has 1 aliphatic heterocycles. The van der Waals surface area contributed by atoms with Crippen molar-refractivity contribution in [2.24, 2.45) is 7.05 Å². The number of carbonyl (C=O) groups excluding carboxylic acids is 1. The molecule has 1 aromatic rings. The molecule has 0 radical (unpaired) electrons. The molecule has 23 heavy (non-hydrogen) atoms. The Balaban J connectivity index is 2.33. The van der Waals surface area contributed by atoms with E-state index in [1.807, 2.05) is 0 Å². The number of nitrogens with zero attached hydrogens (tertiary/aromatic N) is 3. The van der Waals surface area contributed by atoms with E-state index in [1.165, 1.54) is 8.99 Å². The molecule has 0 unspecified atom stereocenters. The van der Waals surface area contributed by atoms with Gasteiger partial charge in [0.15, 0.2) is 0 Å². The van der Waals surface area contributed by atoms with Gasteiger partial charge in [0.1, 0.15) is 10.0 Å². The molecule has 0 saturated carbocycles. The summed E-state index contributed by atoms with van der Waals surface area (Å²) in [6.45, 7) is 4.00. The Kier molecular flexibility index (Phi) is 5.70. The number of esters is 1. The summed E-state index contributed by atoms with van der Waals surface area (Å²) in [5.41, 5.74) is 0.359. The van der Waals surface area contributed by atoms with Crippen molar-refractivity contribution < 1.29 is 17.9 Å². The quantitative estimate of drug-likeness (QED) is 0.746. The fourth-order valence-corrected chi connectivity index (χ4v) is 5.33. The van der Waals surface area contributed by atoms with Crippen molar-refractivity contribution in [1.29, 1.82) is 0 Å². The lowest BCUT2D eigenvalue weighted by molar-refractivity contribution is -0.144. The molecule has 2 heterocycles. The van der Waals surface area contributed by atoms with Crippen molar-refractivity contribution in [1.82, 2.24) is 14.1 Å². The molecular weight excluding hydrogens is 342 g/mol. The Bertz CT molecular complexity index is 686. The lowest BCUT2D eigenvalue weighted by atomic mass is 10.0. The van der Waals surface area contributed by atoms with Crippen LogP contribution < -0.4 is 0 Å². The maximum atomic E-state index is 13.0. The van der Waals surface area contributed by atoms with Gasteiger partial charge in [-0.05, 0) is 26.7 Å². The van der Waals surface area contributed by atoms with Gasteiger partial charge in [0, 0.05) is 19.6 Å². The first kappa shape index (κ1) is 18.2. The lowest BCUT2D eigenvalue weighted by Crippen LogP contribution is -2.45. The monoisotopic (exact) mass is 363 g/mol. The van der Waals surface area contributed by atoms with Crippen LogP contribution in [-0.4, -0.2) is 47.7 Å². The Hall–Kier alpha value is -1.12. The molecule has 0 bridgehead atoms. The third kappa shape index (κ3) is 3.70. The molecule has 1 saturated heterocycles. The van der Waals surface area contributed by atoms with Gasteiger partial charge >= 0.3 is 5.97 Å². The molecular formula is C14H22ClN3O4S. The molecule has 0 spiro atoms. The van der Waals surface area contributed by atoms with Crippen LogP contribution in [0, 0.1) is 6.92 Å². The van der Waals surface area contributed by atoms with Crippen LogP contribution in [-0.2, 0) is 26.6 Å². The van der Waals surface area contributed by atoms with Gasteiger partial charge in [0.05, 0.1) is 18.7 Å². The first-order valence-electron chi connectivity index (χ1n) is 7.65. The summed E-state index contributed by atoms with van der Waals surface area (Å²) in [5.74, 6) is -0.381. The van der Waals surface area contributed by atoms with E-state index in [1.54, 1.807) is 20.9 Å². The number of rotatable bonds is 5. The van der Waals surface area contributed by atoms with E-state index in [0.29, 0.717) is 18.7 Å². The van der Waals surface area contributed by atoms with Gasteiger partial charge in [0.2, 0.25) is 10.0 Å². The van der Waals surface area contributed by atoms with E-state index >= 15 is 0 Å². The Morgan fingerprint density at radius 1 is 1.43 bits per heavy atom. The van der Waals surface area contributed by atoms with E-state index in [2.05, 4.69) is 5.10 Å². The smallest absolute Gasteiger partial charge is 0.307 e. The summed E-state index contributed by atoms with van der Waals surface area (Å²) in [7, 11) is -2.20. The zero-order valence-corrected chi connectivity index (χ0v) is 15.2. The SMILES string of the molecule is CCOC(=O)C[C@H]1CCCCN1S(=O)(=O)c1c(C)nn(C)c1Cl. The minimum absolute atomic E-state index is 0.0254. The van der Waals surface area contributed by atoms with Gasteiger partial charge in [0.25, 0.3) is 0 Å². The van der Waals surface area contributed by atoms with Gasteiger partial charge in [-0.1, -0.05) is 18.0 Å². The van der Waals surface area contributed by atoms with Crippen molar-refractivity contribution >= 4 is 27.6 Å². The minimum atomic E-state index is -3.80. The second-order valence-corrected chi connectivity index (χ2v) is 7.79. The number of hydrogen-bond acceptors (Lipinski definition) is 5. The highest BCUT2D eigenvalue weighted by atomic mass is 35.5.